The van der Waals surface area contributed by atoms with Crippen molar-refractivity contribution in [2.75, 3.05) is 17.3 Å². The van der Waals surface area contributed by atoms with Gasteiger partial charge in [-0.2, -0.15) is 5.10 Å². The Bertz CT molecular complexity index is 573. The van der Waals surface area contributed by atoms with Crippen molar-refractivity contribution in [3.8, 4) is 0 Å². The van der Waals surface area contributed by atoms with E-state index < -0.39 is 9.84 Å². The highest BCUT2D eigenvalue weighted by molar-refractivity contribution is 7.90. The van der Waals surface area contributed by atoms with E-state index in [9.17, 15) is 13.2 Å². The lowest BCUT2D eigenvalue weighted by atomic mass is 10.2. The van der Waals surface area contributed by atoms with Crippen molar-refractivity contribution in [1.82, 2.24) is 9.78 Å². The summed E-state index contributed by atoms with van der Waals surface area (Å²) in [4.78, 5) is 11.7. The maximum Gasteiger partial charge on any atom is 0.252 e. The van der Waals surface area contributed by atoms with E-state index in [1.807, 2.05) is 13.0 Å². The number of rotatable bonds is 6. The van der Waals surface area contributed by atoms with Crippen molar-refractivity contribution in [2.24, 2.45) is 0 Å². The van der Waals surface area contributed by atoms with E-state index in [-0.39, 0.29) is 18.2 Å². The predicted octanol–water partition coefficient (Wildman–Crippen LogP) is 1.22. The van der Waals surface area contributed by atoms with Crippen LogP contribution in [0.5, 0.6) is 0 Å². The van der Waals surface area contributed by atoms with Crippen molar-refractivity contribution < 1.29 is 13.2 Å². The van der Waals surface area contributed by atoms with Crippen LogP contribution in [0.2, 0.25) is 0 Å². The van der Waals surface area contributed by atoms with Gasteiger partial charge in [-0.25, -0.2) is 8.42 Å². The number of amides is 1. The number of nitrogens with zero attached hydrogens (tertiary/aromatic N) is 2. The predicted molar refractivity (Wildman–Crippen MR) is 74.6 cm³/mol. The maximum atomic E-state index is 11.7. The summed E-state index contributed by atoms with van der Waals surface area (Å²) >= 11 is 0. The van der Waals surface area contributed by atoms with Gasteiger partial charge in [0.15, 0.2) is 5.82 Å². The average Bonchev–Trinajstić information content (AvgIpc) is 2.73. The number of hydrogen-bond acceptors (Lipinski definition) is 4. The highest BCUT2D eigenvalue weighted by Crippen LogP contribution is 2.06. The summed E-state index contributed by atoms with van der Waals surface area (Å²) in [5.41, 5.74) is 0.633. The summed E-state index contributed by atoms with van der Waals surface area (Å²) in [5.74, 6) is 0.245. The Labute approximate surface area is 113 Å². The molecule has 7 heteroatoms. The van der Waals surface area contributed by atoms with Crippen LogP contribution in [0.4, 0.5) is 5.82 Å². The molecule has 1 heterocycles. The number of allylic oxidation sites excluding steroid dienone is 1. The molecule has 1 aromatic heterocycles. The minimum atomic E-state index is -3.01. The van der Waals surface area contributed by atoms with E-state index in [1.165, 1.54) is 10.9 Å². The molecule has 106 valence electrons. The monoisotopic (exact) mass is 285 g/mol. The molecule has 1 rings (SSSR count). The van der Waals surface area contributed by atoms with Gasteiger partial charge in [-0.3, -0.25) is 9.48 Å². The topological polar surface area (TPSA) is 81.1 Å². The van der Waals surface area contributed by atoms with Crippen molar-refractivity contribution in [1.29, 1.82) is 0 Å². The number of aromatic nitrogens is 2. The molecule has 1 N–H and O–H groups in total. The molecular weight excluding hydrogens is 266 g/mol. The molecule has 0 aliphatic heterocycles. The zero-order valence-electron chi connectivity index (χ0n) is 11.4. The van der Waals surface area contributed by atoms with E-state index >= 15 is 0 Å². The molecule has 0 aliphatic rings. The normalized spacial score (nSPS) is 12.5. The first-order valence-electron chi connectivity index (χ1n) is 6.01. The van der Waals surface area contributed by atoms with Crippen molar-refractivity contribution in [3.05, 3.63) is 23.9 Å². The minimum absolute atomic E-state index is 0.0246. The second-order valence-corrected chi connectivity index (χ2v) is 6.60. The summed E-state index contributed by atoms with van der Waals surface area (Å²) in [6.45, 7) is 3.97. The number of anilines is 1. The maximum absolute atomic E-state index is 11.7. The Hall–Kier alpha value is -1.63. The average molecular weight is 285 g/mol. The van der Waals surface area contributed by atoms with Crippen LogP contribution >= 0.6 is 0 Å². The van der Waals surface area contributed by atoms with E-state index in [2.05, 4.69) is 10.4 Å². The van der Waals surface area contributed by atoms with Crippen molar-refractivity contribution in [3.63, 3.8) is 0 Å². The lowest BCUT2D eigenvalue weighted by Gasteiger charge is -2.02. The smallest absolute Gasteiger partial charge is 0.252 e. The van der Waals surface area contributed by atoms with Gasteiger partial charge in [0.2, 0.25) is 0 Å². The minimum Gasteiger partial charge on any atom is -0.305 e. The Morgan fingerprint density at radius 3 is 2.79 bits per heavy atom. The summed E-state index contributed by atoms with van der Waals surface area (Å²) in [5, 5.41) is 6.74. The molecule has 0 radical (unpaired) electrons. The number of nitrogens with one attached hydrogen (secondary N) is 1. The van der Waals surface area contributed by atoms with Crippen molar-refractivity contribution >= 4 is 21.6 Å². The SMILES string of the molecule is CCC=C(C)C(=O)Nc1ccn(CCS(C)(=O)=O)n1. The molecule has 19 heavy (non-hydrogen) atoms. The molecule has 1 amide bonds. The van der Waals surface area contributed by atoms with E-state index in [0.717, 1.165) is 6.42 Å². The highest BCUT2D eigenvalue weighted by atomic mass is 32.2. The first-order valence-corrected chi connectivity index (χ1v) is 8.07. The van der Waals surface area contributed by atoms with E-state index in [1.54, 1.807) is 19.2 Å². The van der Waals surface area contributed by atoms with Gasteiger partial charge in [0.25, 0.3) is 5.91 Å². The number of sulfone groups is 1. The third kappa shape index (κ3) is 5.69. The van der Waals surface area contributed by atoms with Gasteiger partial charge in [0, 0.05) is 24.1 Å². The molecule has 1 aromatic rings. The molecule has 0 atom stereocenters. The third-order valence-corrected chi connectivity index (χ3v) is 3.37. The number of aryl methyl sites for hydroxylation is 1. The second-order valence-electron chi connectivity index (χ2n) is 4.34. The van der Waals surface area contributed by atoms with Gasteiger partial charge in [-0.05, 0) is 13.3 Å². The molecule has 0 fully saturated rings. The van der Waals surface area contributed by atoms with Crippen LogP contribution in [-0.2, 0) is 21.2 Å². The Balaban J connectivity index is 2.60. The zero-order chi connectivity index (χ0) is 14.5. The zero-order valence-corrected chi connectivity index (χ0v) is 12.2. The van der Waals surface area contributed by atoms with E-state index in [4.69, 9.17) is 0 Å². The van der Waals surface area contributed by atoms with Gasteiger partial charge in [-0.15, -0.1) is 0 Å². The van der Waals surface area contributed by atoms with Crippen LogP contribution in [0.15, 0.2) is 23.9 Å². The summed E-state index contributed by atoms with van der Waals surface area (Å²) in [6.07, 6.45) is 5.44. The fourth-order valence-corrected chi connectivity index (χ4v) is 1.94. The number of carbonyl (C=O) groups excluding carboxylic acids is 1. The van der Waals surface area contributed by atoms with Gasteiger partial charge >= 0.3 is 0 Å². The van der Waals surface area contributed by atoms with Gasteiger partial charge in [-0.1, -0.05) is 13.0 Å². The number of hydrogen-bond donors (Lipinski definition) is 1. The van der Waals surface area contributed by atoms with Crippen LogP contribution < -0.4 is 5.32 Å². The first-order chi connectivity index (χ1) is 8.81. The third-order valence-electron chi connectivity index (χ3n) is 2.44. The van der Waals surface area contributed by atoms with Crippen LogP contribution in [0.25, 0.3) is 0 Å². The molecule has 0 bridgehead atoms. The Kier molecular flexibility index (Phi) is 5.29. The van der Waals surface area contributed by atoms with Crippen LogP contribution in [0.3, 0.4) is 0 Å². The molecule has 0 saturated carbocycles. The van der Waals surface area contributed by atoms with Crippen molar-refractivity contribution in [2.45, 2.75) is 26.8 Å². The van der Waals surface area contributed by atoms with Crippen LogP contribution in [0, 0.1) is 0 Å². The molecule has 0 spiro atoms. The molecule has 0 saturated heterocycles. The molecular formula is C12H19N3O3S. The largest absolute Gasteiger partial charge is 0.305 e. The summed E-state index contributed by atoms with van der Waals surface area (Å²) < 4.78 is 23.6. The standard InChI is InChI=1S/C12H19N3O3S/c1-4-5-10(2)12(16)13-11-6-7-15(14-11)8-9-19(3,17)18/h5-7H,4,8-9H2,1-3H3,(H,13,14,16). The van der Waals surface area contributed by atoms with Gasteiger partial charge in [0.1, 0.15) is 9.84 Å². The molecule has 0 unspecified atom stereocenters. The fraction of sp³-hybridized carbons (Fsp3) is 0.500. The Morgan fingerprint density at radius 1 is 1.53 bits per heavy atom. The number of carbonyl (C=O) groups is 1. The quantitative estimate of drug-likeness (QED) is 0.797. The molecule has 0 aliphatic carbocycles. The molecule has 6 nitrogen and oxygen atoms in total. The summed E-state index contributed by atoms with van der Waals surface area (Å²) in [7, 11) is -3.01. The van der Waals surface area contributed by atoms with Crippen LogP contribution in [0.1, 0.15) is 20.3 Å². The fourth-order valence-electron chi connectivity index (χ4n) is 1.43. The molecule has 0 aromatic carbocycles. The Morgan fingerprint density at radius 2 is 2.21 bits per heavy atom. The highest BCUT2D eigenvalue weighted by Gasteiger charge is 2.08. The lowest BCUT2D eigenvalue weighted by Crippen LogP contribution is -2.15. The van der Waals surface area contributed by atoms with Gasteiger partial charge in [0.05, 0.1) is 12.3 Å². The van der Waals surface area contributed by atoms with E-state index in [0.29, 0.717) is 11.4 Å². The second kappa shape index (κ2) is 6.51. The first kappa shape index (κ1) is 15.4. The lowest BCUT2D eigenvalue weighted by molar-refractivity contribution is -0.112. The van der Waals surface area contributed by atoms with Crippen LogP contribution in [-0.4, -0.2) is 36.1 Å². The summed E-state index contributed by atoms with van der Waals surface area (Å²) in [6, 6.07) is 1.64. The van der Waals surface area contributed by atoms with Gasteiger partial charge < -0.3 is 5.32 Å².